The standard InChI is InChI=1S/C22H15FN4O4S/c1-22(16(28)9-17(29)25-22)10-18-26-27-20(31-18)19(30)21-24-14-7-4-12(8-15(14)32-21)11-2-5-13(23)6-3-11/h2-8H,9-10H2,1H3,(H,25,29). The maximum Gasteiger partial charge on any atom is 0.291 e. The van der Waals surface area contributed by atoms with Gasteiger partial charge >= 0.3 is 0 Å². The van der Waals surface area contributed by atoms with Gasteiger partial charge in [-0.2, -0.15) is 0 Å². The van der Waals surface area contributed by atoms with Gasteiger partial charge in [-0.1, -0.05) is 18.2 Å². The lowest BCUT2D eigenvalue weighted by molar-refractivity contribution is -0.123. The SMILES string of the molecule is CC1(Cc2nnc(C(=O)c3nc4ccc(-c5ccc(F)cc5)cc4s3)o2)NC(=O)CC1=O. The van der Waals surface area contributed by atoms with Crippen LogP contribution in [0.2, 0.25) is 0 Å². The van der Waals surface area contributed by atoms with Crippen LogP contribution in [0.5, 0.6) is 0 Å². The number of benzene rings is 2. The molecule has 1 saturated heterocycles. The van der Waals surface area contributed by atoms with E-state index in [0.717, 1.165) is 15.8 Å². The number of ketones is 2. The van der Waals surface area contributed by atoms with Gasteiger partial charge in [-0.05, 0) is 42.3 Å². The summed E-state index contributed by atoms with van der Waals surface area (Å²) in [6.45, 7) is 1.58. The molecule has 32 heavy (non-hydrogen) atoms. The Morgan fingerprint density at radius 3 is 2.62 bits per heavy atom. The lowest BCUT2D eigenvalue weighted by Gasteiger charge is -2.19. The zero-order valence-corrected chi connectivity index (χ0v) is 17.5. The minimum absolute atomic E-state index is 0.00126. The van der Waals surface area contributed by atoms with Crippen molar-refractivity contribution >= 4 is 39.0 Å². The van der Waals surface area contributed by atoms with Gasteiger partial charge in [-0.25, -0.2) is 9.37 Å². The molecule has 1 fully saturated rings. The van der Waals surface area contributed by atoms with Gasteiger partial charge in [0.1, 0.15) is 11.4 Å². The average molecular weight is 450 g/mol. The number of nitrogens with one attached hydrogen (secondary N) is 1. The highest BCUT2D eigenvalue weighted by Gasteiger charge is 2.43. The summed E-state index contributed by atoms with van der Waals surface area (Å²) in [6, 6.07) is 11.7. The molecule has 0 bridgehead atoms. The number of fused-ring (bicyclic) bond motifs is 1. The van der Waals surface area contributed by atoms with Crippen molar-refractivity contribution in [1.29, 1.82) is 0 Å². The molecular formula is C22H15FN4O4S. The number of carbonyl (C=O) groups excluding carboxylic acids is 3. The Morgan fingerprint density at radius 1 is 1.16 bits per heavy atom. The third kappa shape index (κ3) is 3.58. The Labute approximate surface area is 184 Å². The highest BCUT2D eigenvalue weighted by Crippen LogP contribution is 2.29. The van der Waals surface area contributed by atoms with E-state index < -0.39 is 11.3 Å². The second-order valence-electron chi connectivity index (χ2n) is 7.70. The number of carbonyl (C=O) groups is 3. The van der Waals surface area contributed by atoms with E-state index in [9.17, 15) is 18.8 Å². The number of nitrogens with zero attached hydrogens (tertiary/aromatic N) is 3. The monoisotopic (exact) mass is 450 g/mol. The van der Waals surface area contributed by atoms with Gasteiger partial charge in [0.05, 0.1) is 23.1 Å². The summed E-state index contributed by atoms with van der Waals surface area (Å²) >= 11 is 1.18. The largest absolute Gasteiger partial charge is 0.418 e. The van der Waals surface area contributed by atoms with E-state index in [-0.39, 0.29) is 47.1 Å². The van der Waals surface area contributed by atoms with Crippen LogP contribution >= 0.6 is 11.3 Å². The Hall–Kier alpha value is -3.79. The fraction of sp³-hybridized carbons (Fsp3) is 0.182. The number of hydrogen-bond acceptors (Lipinski definition) is 8. The molecule has 2 aromatic heterocycles. The second-order valence-corrected chi connectivity index (χ2v) is 8.73. The Balaban J connectivity index is 1.39. The summed E-state index contributed by atoms with van der Waals surface area (Å²) in [5.41, 5.74) is 1.22. The van der Waals surface area contributed by atoms with Crippen molar-refractivity contribution in [3.63, 3.8) is 0 Å². The third-order valence-electron chi connectivity index (χ3n) is 5.28. The highest BCUT2D eigenvalue weighted by molar-refractivity contribution is 7.20. The zero-order chi connectivity index (χ0) is 22.5. The molecule has 1 atom stereocenters. The summed E-state index contributed by atoms with van der Waals surface area (Å²) in [6.07, 6.45) is -0.194. The summed E-state index contributed by atoms with van der Waals surface area (Å²) < 4.78 is 19.4. The van der Waals surface area contributed by atoms with Crippen LogP contribution in [0.1, 0.15) is 34.9 Å². The van der Waals surface area contributed by atoms with Crippen molar-refractivity contribution in [3.05, 3.63) is 65.1 Å². The van der Waals surface area contributed by atoms with Gasteiger partial charge in [-0.3, -0.25) is 14.4 Å². The predicted molar refractivity (Wildman–Crippen MR) is 113 cm³/mol. The van der Waals surface area contributed by atoms with Crippen LogP contribution in [-0.4, -0.2) is 38.2 Å². The van der Waals surface area contributed by atoms with E-state index in [1.54, 1.807) is 25.1 Å². The molecule has 1 aliphatic heterocycles. The number of hydrogen-bond donors (Lipinski definition) is 1. The molecule has 0 spiro atoms. The third-order valence-corrected chi connectivity index (χ3v) is 6.29. The number of Topliss-reactive ketones (excluding diaryl/α,β-unsaturated/α-hetero) is 1. The van der Waals surface area contributed by atoms with Gasteiger partial charge in [0, 0.05) is 0 Å². The van der Waals surface area contributed by atoms with Crippen molar-refractivity contribution in [3.8, 4) is 11.1 Å². The molecule has 1 aliphatic rings. The van der Waals surface area contributed by atoms with Gasteiger partial charge in [0.2, 0.25) is 11.8 Å². The zero-order valence-electron chi connectivity index (χ0n) is 16.7. The fourth-order valence-electron chi connectivity index (χ4n) is 3.56. The molecule has 8 nitrogen and oxygen atoms in total. The van der Waals surface area contributed by atoms with Crippen LogP contribution in [0.25, 0.3) is 21.3 Å². The van der Waals surface area contributed by atoms with Crippen molar-refractivity contribution in [1.82, 2.24) is 20.5 Å². The predicted octanol–water partition coefficient (Wildman–Crippen LogP) is 3.11. The number of rotatable bonds is 5. The molecule has 2 aromatic carbocycles. The highest BCUT2D eigenvalue weighted by atomic mass is 32.1. The van der Waals surface area contributed by atoms with Crippen molar-refractivity contribution in [2.45, 2.75) is 25.3 Å². The first kappa shape index (κ1) is 20.1. The van der Waals surface area contributed by atoms with E-state index in [2.05, 4.69) is 20.5 Å². The maximum absolute atomic E-state index is 13.2. The molecule has 1 amide bonds. The van der Waals surface area contributed by atoms with Crippen LogP contribution in [-0.2, 0) is 16.0 Å². The topological polar surface area (TPSA) is 115 Å². The minimum atomic E-state index is -1.13. The summed E-state index contributed by atoms with van der Waals surface area (Å²) in [7, 11) is 0. The Morgan fingerprint density at radius 2 is 1.91 bits per heavy atom. The molecular weight excluding hydrogens is 435 g/mol. The number of halogens is 1. The first-order valence-electron chi connectivity index (χ1n) is 9.69. The number of aromatic nitrogens is 3. The molecule has 0 radical (unpaired) electrons. The molecule has 10 heteroatoms. The van der Waals surface area contributed by atoms with E-state index in [0.29, 0.717) is 5.52 Å². The van der Waals surface area contributed by atoms with Gasteiger partial charge < -0.3 is 9.73 Å². The molecule has 3 heterocycles. The molecule has 0 aliphatic carbocycles. The molecule has 0 saturated carbocycles. The Kier molecular flexibility index (Phi) is 4.66. The Bertz CT molecular complexity index is 1390. The van der Waals surface area contributed by atoms with Gasteiger partial charge in [-0.15, -0.1) is 21.5 Å². The molecule has 1 N–H and O–H groups in total. The van der Waals surface area contributed by atoms with E-state index in [1.807, 2.05) is 12.1 Å². The van der Waals surface area contributed by atoms with E-state index in [4.69, 9.17) is 4.42 Å². The van der Waals surface area contributed by atoms with Gasteiger partial charge in [0.25, 0.3) is 11.7 Å². The van der Waals surface area contributed by atoms with E-state index in [1.165, 1.54) is 23.5 Å². The molecule has 5 rings (SSSR count). The smallest absolute Gasteiger partial charge is 0.291 e. The van der Waals surface area contributed by atoms with Crippen LogP contribution in [0.4, 0.5) is 4.39 Å². The normalized spacial score (nSPS) is 18.3. The quantitative estimate of drug-likeness (QED) is 0.367. The fourth-order valence-corrected chi connectivity index (χ4v) is 4.50. The minimum Gasteiger partial charge on any atom is -0.418 e. The van der Waals surface area contributed by atoms with Crippen LogP contribution in [0, 0.1) is 5.82 Å². The van der Waals surface area contributed by atoms with Crippen molar-refractivity contribution < 1.29 is 23.2 Å². The summed E-state index contributed by atoms with van der Waals surface area (Å²) in [5.74, 6) is -1.63. The maximum atomic E-state index is 13.2. The second kappa shape index (κ2) is 7.41. The van der Waals surface area contributed by atoms with E-state index >= 15 is 0 Å². The van der Waals surface area contributed by atoms with Gasteiger partial charge in [0.15, 0.2) is 10.8 Å². The van der Waals surface area contributed by atoms with Crippen molar-refractivity contribution in [2.24, 2.45) is 0 Å². The molecule has 1 unspecified atom stereocenters. The number of thiazole rings is 1. The lowest BCUT2D eigenvalue weighted by Crippen LogP contribution is -2.45. The first-order chi connectivity index (χ1) is 15.3. The number of amides is 1. The molecule has 160 valence electrons. The van der Waals surface area contributed by atoms with Crippen LogP contribution in [0.3, 0.4) is 0 Å². The summed E-state index contributed by atoms with van der Waals surface area (Å²) in [5, 5.41) is 10.4. The first-order valence-corrected chi connectivity index (χ1v) is 10.5. The average Bonchev–Trinajstić information content (AvgIpc) is 3.45. The van der Waals surface area contributed by atoms with Crippen LogP contribution < -0.4 is 5.32 Å². The summed E-state index contributed by atoms with van der Waals surface area (Å²) in [4.78, 5) is 40.7. The molecule has 4 aromatic rings. The van der Waals surface area contributed by atoms with Crippen LogP contribution in [0.15, 0.2) is 46.9 Å². The van der Waals surface area contributed by atoms with Crippen molar-refractivity contribution in [2.75, 3.05) is 0 Å². The lowest BCUT2D eigenvalue weighted by atomic mass is 9.95.